The van der Waals surface area contributed by atoms with Crippen molar-refractivity contribution in [3.05, 3.63) is 59.0 Å². The lowest BCUT2D eigenvalue weighted by Crippen LogP contribution is -2.30. The number of benzene rings is 1. The zero-order valence-corrected chi connectivity index (χ0v) is 11.5. The molecule has 2 heterocycles. The molecule has 0 fully saturated rings. The third kappa shape index (κ3) is 2.47. The summed E-state index contributed by atoms with van der Waals surface area (Å²) in [6, 6.07) is 9.49. The van der Waals surface area contributed by atoms with Crippen LogP contribution >= 0.6 is 0 Å². The molecule has 3 rings (SSSR count). The van der Waals surface area contributed by atoms with E-state index in [1.807, 2.05) is 31.2 Å². The van der Waals surface area contributed by atoms with E-state index in [4.69, 9.17) is 4.42 Å². The first kappa shape index (κ1) is 12.9. The van der Waals surface area contributed by atoms with E-state index < -0.39 is 0 Å². The summed E-state index contributed by atoms with van der Waals surface area (Å²) in [5, 5.41) is 6.32. The first-order valence-corrected chi connectivity index (χ1v) is 6.91. The van der Waals surface area contributed by atoms with Gasteiger partial charge in [0.15, 0.2) is 0 Å². The van der Waals surface area contributed by atoms with E-state index >= 15 is 0 Å². The van der Waals surface area contributed by atoms with Crippen LogP contribution < -0.4 is 10.6 Å². The Morgan fingerprint density at radius 3 is 3.05 bits per heavy atom. The molecule has 1 aliphatic rings. The summed E-state index contributed by atoms with van der Waals surface area (Å²) < 4.78 is 5.32. The van der Waals surface area contributed by atoms with Gasteiger partial charge in [-0.15, -0.1) is 0 Å². The van der Waals surface area contributed by atoms with Gasteiger partial charge in [-0.3, -0.25) is 4.79 Å². The molecule has 2 aromatic rings. The van der Waals surface area contributed by atoms with Crippen molar-refractivity contribution in [2.24, 2.45) is 0 Å². The van der Waals surface area contributed by atoms with Crippen LogP contribution in [0.4, 0.5) is 0 Å². The summed E-state index contributed by atoms with van der Waals surface area (Å²) >= 11 is 0. The summed E-state index contributed by atoms with van der Waals surface area (Å²) in [4.78, 5) is 12.4. The number of hydrogen-bond donors (Lipinski definition) is 2. The minimum absolute atomic E-state index is 0.0346. The van der Waals surface area contributed by atoms with E-state index in [1.165, 1.54) is 5.56 Å². The van der Waals surface area contributed by atoms with Crippen LogP contribution in [0.25, 0.3) is 0 Å². The van der Waals surface area contributed by atoms with Gasteiger partial charge < -0.3 is 15.1 Å². The summed E-state index contributed by atoms with van der Waals surface area (Å²) in [7, 11) is 0. The molecule has 2 N–H and O–H groups in total. The van der Waals surface area contributed by atoms with E-state index in [1.54, 1.807) is 6.26 Å². The van der Waals surface area contributed by atoms with Gasteiger partial charge in [0.2, 0.25) is 0 Å². The average molecular weight is 270 g/mol. The Balaban J connectivity index is 1.81. The molecule has 4 heteroatoms. The molecule has 104 valence electrons. The first-order chi connectivity index (χ1) is 9.75. The molecule has 0 bridgehead atoms. The number of carbonyl (C=O) groups is 1. The van der Waals surface area contributed by atoms with Gasteiger partial charge in [0.05, 0.1) is 12.3 Å². The van der Waals surface area contributed by atoms with Crippen molar-refractivity contribution in [1.82, 2.24) is 10.6 Å². The molecule has 1 atom stereocenters. The standard InChI is InChI=1S/C16H18N2O2/c1-11(15-6-3-9-20-15)18-16(19)14-5-2-4-12-10-17-8-7-13(12)14/h2-6,9,11,17H,7-8,10H2,1H3,(H,18,19)/t11-/m0/s1. The molecule has 0 radical (unpaired) electrons. The second-order valence-electron chi connectivity index (χ2n) is 5.08. The highest BCUT2D eigenvalue weighted by Gasteiger charge is 2.19. The van der Waals surface area contributed by atoms with Crippen LogP contribution in [0, 0.1) is 0 Å². The van der Waals surface area contributed by atoms with Crippen molar-refractivity contribution in [3.63, 3.8) is 0 Å². The van der Waals surface area contributed by atoms with E-state index in [-0.39, 0.29) is 11.9 Å². The van der Waals surface area contributed by atoms with Crippen molar-refractivity contribution in [2.75, 3.05) is 6.54 Å². The molecule has 1 aromatic heterocycles. The largest absolute Gasteiger partial charge is 0.467 e. The van der Waals surface area contributed by atoms with Crippen LogP contribution in [0.15, 0.2) is 41.0 Å². The molecule has 1 aliphatic heterocycles. The lowest BCUT2D eigenvalue weighted by Gasteiger charge is -2.20. The smallest absolute Gasteiger partial charge is 0.252 e. The van der Waals surface area contributed by atoms with Gasteiger partial charge in [0.25, 0.3) is 5.91 Å². The Hall–Kier alpha value is -2.07. The minimum atomic E-state index is -0.130. The summed E-state index contributed by atoms with van der Waals surface area (Å²) in [6.45, 7) is 3.68. The van der Waals surface area contributed by atoms with Gasteiger partial charge in [-0.1, -0.05) is 12.1 Å². The molecule has 20 heavy (non-hydrogen) atoms. The maximum Gasteiger partial charge on any atom is 0.252 e. The van der Waals surface area contributed by atoms with E-state index in [2.05, 4.69) is 16.7 Å². The summed E-state index contributed by atoms with van der Waals surface area (Å²) in [6.07, 6.45) is 2.52. The predicted molar refractivity (Wildman–Crippen MR) is 76.4 cm³/mol. The monoisotopic (exact) mass is 270 g/mol. The highest BCUT2D eigenvalue weighted by Crippen LogP contribution is 2.20. The molecule has 0 saturated heterocycles. The Labute approximate surface area is 118 Å². The van der Waals surface area contributed by atoms with Gasteiger partial charge >= 0.3 is 0 Å². The van der Waals surface area contributed by atoms with E-state index in [0.29, 0.717) is 0 Å². The zero-order valence-electron chi connectivity index (χ0n) is 11.5. The van der Waals surface area contributed by atoms with Crippen LogP contribution in [0.1, 0.15) is 40.2 Å². The van der Waals surface area contributed by atoms with Crippen molar-refractivity contribution >= 4 is 5.91 Å². The summed E-state index contributed by atoms with van der Waals surface area (Å²) in [5.74, 6) is 0.734. The van der Waals surface area contributed by atoms with Crippen LogP contribution in [0.2, 0.25) is 0 Å². The Bertz CT molecular complexity index is 605. The topological polar surface area (TPSA) is 54.3 Å². The SMILES string of the molecule is C[C@H](NC(=O)c1cccc2c1CCNC2)c1ccco1. The minimum Gasteiger partial charge on any atom is -0.467 e. The number of carbonyl (C=O) groups excluding carboxylic acids is 1. The maximum atomic E-state index is 12.4. The lowest BCUT2D eigenvalue weighted by molar-refractivity contribution is 0.0934. The Kier molecular flexibility index (Phi) is 3.56. The predicted octanol–water partition coefficient (Wildman–Crippen LogP) is 2.42. The molecular formula is C16H18N2O2. The fraction of sp³-hybridized carbons (Fsp3) is 0.312. The second-order valence-corrected chi connectivity index (χ2v) is 5.08. The van der Waals surface area contributed by atoms with Gasteiger partial charge in [0, 0.05) is 12.1 Å². The molecule has 0 aliphatic carbocycles. The number of furan rings is 1. The average Bonchev–Trinajstić information content (AvgIpc) is 3.01. The molecule has 0 unspecified atom stereocenters. The van der Waals surface area contributed by atoms with Crippen molar-refractivity contribution in [3.8, 4) is 0 Å². The van der Waals surface area contributed by atoms with Crippen LogP contribution in [-0.4, -0.2) is 12.5 Å². The molecule has 4 nitrogen and oxygen atoms in total. The lowest BCUT2D eigenvalue weighted by atomic mass is 9.95. The number of fused-ring (bicyclic) bond motifs is 1. The fourth-order valence-electron chi connectivity index (χ4n) is 2.63. The van der Waals surface area contributed by atoms with Crippen LogP contribution in [-0.2, 0) is 13.0 Å². The first-order valence-electron chi connectivity index (χ1n) is 6.91. The third-order valence-electron chi connectivity index (χ3n) is 3.70. The third-order valence-corrected chi connectivity index (χ3v) is 3.70. The van der Waals surface area contributed by atoms with Crippen molar-refractivity contribution < 1.29 is 9.21 Å². The number of nitrogens with one attached hydrogen (secondary N) is 2. The maximum absolute atomic E-state index is 12.4. The van der Waals surface area contributed by atoms with Crippen LogP contribution in [0.5, 0.6) is 0 Å². The van der Waals surface area contributed by atoms with Crippen molar-refractivity contribution in [2.45, 2.75) is 25.9 Å². The van der Waals surface area contributed by atoms with Gasteiger partial charge in [-0.25, -0.2) is 0 Å². The highest BCUT2D eigenvalue weighted by atomic mass is 16.3. The Morgan fingerprint density at radius 1 is 1.35 bits per heavy atom. The normalized spacial score (nSPS) is 15.4. The van der Waals surface area contributed by atoms with Crippen molar-refractivity contribution in [1.29, 1.82) is 0 Å². The fourth-order valence-corrected chi connectivity index (χ4v) is 2.63. The van der Waals surface area contributed by atoms with E-state index in [9.17, 15) is 4.79 Å². The molecular weight excluding hydrogens is 252 g/mol. The van der Waals surface area contributed by atoms with E-state index in [0.717, 1.165) is 36.4 Å². The second kappa shape index (κ2) is 5.51. The highest BCUT2D eigenvalue weighted by molar-refractivity contribution is 5.96. The van der Waals surface area contributed by atoms with Crippen LogP contribution in [0.3, 0.4) is 0 Å². The van der Waals surface area contributed by atoms with Gasteiger partial charge in [0.1, 0.15) is 5.76 Å². The quantitative estimate of drug-likeness (QED) is 0.900. The number of amides is 1. The molecule has 1 amide bonds. The van der Waals surface area contributed by atoms with Gasteiger partial charge in [-0.2, -0.15) is 0 Å². The summed E-state index contributed by atoms with van der Waals surface area (Å²) in [5.41, 5.74) is 3.16. The Morgan fingerprint density at radius 2 is 2.25 bits per heavy atom. The molecule has 0 saturated carbocycles. The molecule has 1 aromatic carbocycles. The molecule has 0 spiro atoms. The number of hydrogen-bond acceptors (Lipinski definition) is 3. The number of rotatable bonds is 3. The van der Waals surface area contributed by atoms with Gasteiger partial charge in [-0.05, 0) is 49.2 Å². The zero-order chi connectivity index (χ0) is 13.9.